The topological polar surface area (TPSA) is 92.0 Å². The molecular formula is C18H12FN3O3. The third kappa shape index (κ3) is 2.76. The molecule has 2 aromatic heterocycles. The molecule has 0 radical (unpaired) electrons. The van der Waals surface area contributed by atoms with E-state index >= 15 is 0 Å². The Morgan fingerprint density at radius 1 is 1.08 bits per heavy atom. The zero-order valence-corrected chi connectivity index (χ0v) is 12.9. The van der Waals surface area contributed by atoms with Gasteiger partial charge in [-0.1, -0.05) is 24.3 Å². The van der Waals surface area contributed by atoms with Crippen LogP contribution in [0.5, 0.6) is 5.75 Å². The second-order valence-corrected chi connectivity index (χ2v) is 5.53. The maximum absolute atomic E-state index is 12.9. The first-order chi connectivity index (χ1) is 12.1. The summed E-state index contributed by atoms with van der Waals surface area (Å²) in [6.07, 6.45) is 0.311. The molecule has 7 heteroatoms. The predicted molar refractivity (Wildman–Crippen MR) is 88.7 cm³/mol. The molecule has 25 heavy (non-hydrogen) atoms. The van der Waals surface area contributed by atoms with Gasteiger partial charge in [-0.25, -0.2) is 4.39 Å². The van der Waals surface area contributed by atoms with Gasteiger partial charge < -0.3 is 14.5 Å². The van der Waals surface area contributed by atoms with E-state index in [0.717, 1.165) is 5.56 Å². The first kappa shape index (κ1) is 15.1. The fraction of sp³-hybridized carbons (Fsp3) is 0.0556. The van der Waals surface area contributed by atoms with E-state index in [-0.39, 0.29) is 23.3 Å². The van der Waals surface area contributed by atoms with Gasteiger partial charge in [-0.15, -0.1) is 10.2 Å². The summed E-state index contributed by atoms with van der Waals surface area (Å²) in [5.74, 6) is -0.503. The highest BCUT2D eigenvalue weighted by atomic mass is 19.1. The molecule has 0 saturated heterocycles. The molecule has 4 rings (SSSR count). The van der Waals surface area contributed by atoms with Crippen LogP contribution in [-0.4, -0.2) is 20.3 Å². The van der Waals surface area contributed by atoms with Gasteiger partial charge in [-0.05, 0) is 29.8 Å². The maximum atomic E-state index is 12.9. The number of rotatable bonds is 3. The lowest BCUT2D eigenvalue weighted by molar-refractivity contribution is 0.463. The normalized spacial score (nSPS) is 11.1. The maximum Gasteiger partial charge on any atom is 0.268 e. The van der Waals surface area contributed by atoms with Gasteiger partial charge in [-0.2, -0.15) is 0 Å². The van der Waals surface area contributed by atoms with Crippen molar-refractivity contribution in [2.24, 2.45) is 0 Å². The van der Waals surface area contributed by atoms with E-state index < -0.39 is 11.2 Å². The molecule has 124 valence electrons. The number of fused-ring (bicyclic) bond motifs is 1. The fourth-order valence-corrected chi connectivity index (χ4v) is 2.58. The Labute approximate surface area is 140 Å². The number of hydrogen-bond donors (Lipinski definition) is 2. The van der Waals surface area contributed by atoms with E-state index in [1.54, 1.807) is 36.4 Å². The molecule has 2 aromatic carbocycles. The molecule has 4 aromatic rings. The standard InChI is InChI=1S/C18H12FN3O3/c19-11-7-5-10(6-8-11)9-14-21-22-18(25-14)15-17(24)16(23)12-3-1-2-4-13(12)20-15/h1-8,24H,9H2,(H,20,23). The van der Waals surface area contributed by atoms with Crippen molar-refractivity contribution in [2.45, 2.75) is 6.42 Å². The van der Waals surface area contributed by atoms with Crippen LogP contribution >= 0.6 is 0 Å². The zero-order valence-electron chi connectivity index (χ0n) is 12.9. The van der Waals surface area contributed by atoms with Gasteiger partial charge in [0, 0.05) is 5.39 Å². The number of nitrogens with one attached hydrogen (secondary N) is 1. The second-order valence-electron chi connectivity index (χ2n) is 5.53. The number of aromatic amines is 1. The molecule has 0 spiro atoms. The number of hydrogen-bond acceptors (Lipinski definition) is 5. The minimum absolute atomic E-state index is 0.0115. The van der Waals surface area contributed by atoms with Crippen molar-refractivity contribution in [1.29, 1.82) is 0 Å². The Kier molecular flexibility index (Phi) is 3.53. The van der Waals surface area contributed by atoms with Crippen molar-refractivity contribution in [3.63, 3.8) is 0 Å². The number of nitrogens with zero attached hydrogens (tertiary/aromatic N) is 2. The first-order valence-corrected chi connectivity index (χ1v) is 7.53. The summed E-state index contributed by atoms with van der Waals surface area (Å²) in [6, 6.07) is 12.7. The minimum Gasteiger partial charge on any atom is -0.503 e. The fourth-order valence-electron chi connectivity index (χ4n) is 2.58. The SMILES string of the molecule is O=c1c(O)c(-c2nnc(Cc3ccc(F)cc3)o2)[nH]c2ccccc12. The Morgan fingerprint density at radius 3 is 2.64 bits per heavy atom. The molecule has 0 unspecified atom stereocenters. The van der Waals surface area contributed by atoms with Crippen LogP contribution in [0.25, 0.3) is 22.5 Å². The molecule has 0 amide bonds. The molecule has 0 atom stereocenters. The summed E-state index contributed by atoms with van der Waals surface area (Å²) < 4.78 is 18.5. The largest absolute Gasteiger partial charge is 0.503 e. The third-order valence-electron chi connectivity index (χ3n) is 3.83. The van der Waals surface area contributed by atoms with Crippen LogP contribution in [0.2, 0.25) is 0 Å². The number of para-hydroxylation sites is 1. The summed E-state index contributed by atoms with van der Waals surface area (Å²) >= 11 is 0. The number of halogens is 1. The average molecular weight is 337 g/mol. The van der Waals surface area contributed by atoms with E-state index in [0.29, 0.717) is 17.3 Å². The van der Waals surface area contributed by atoms with Gasteiger partial charge in [0.05, 0.1) is 11.9 Å². The molecule has 6 nitrogen and oxygen atoms in total. The van der Waals surface area contributed by atoms with Gasteiger partial charge in [0.25, 0.3) is 5.89 Å². The quantitative estimate of drug-likeness (QED) is 0.599. The number of aromatic nitrogens is 3. The van der Waals surface area contributed by atoms with E-state index in [1.807, 2.05) is 0 Å². The van der Waals surface area contributed by atoms with Crippen molar-refractivity contribution in [2.75, 3.05) is 0 Å². The smallest absolute Gasteiger partial charge is 0.268 e. The second kappa shape index (κ2) is 5.86. The third-order valence-corrected chi connectivity index (χ3v) is 3.83. The summed E-state index contributed by atoms with van der Waals surface area (Å²) in [5.41, 5.74) is 0.913. The van der Waals surface area contributed by atoms with Crippen LogP contribution in [-0.2, 0) is 6.42 Å². The number of benzene rings is 2. The van der Waals surface area contributed by atoms with Crippen LogP contribution in [0.15, 0.2) is 57.7 Å². The van der Waals surface area contributed by atoms with E-state index in [2.05, 4.69) is 15.2 Å². The lowest BCUT2D eigenvalue weighted by Gasteiger charge is -2.03. The van der Waals surface area contributed by atoms with Gasteiger partial charge in [-0.3, -0.25) is 4.79 Å². The number of H-pyrrole nitrogens is 1. The molecular weight excluding hydrogens is 325 g/mol. The van der Waals surface area contributed by atoms with Gasteiger partial charge >= 0.3 is 0 Å². The van der Waals surface area contributed by atoms with E-state index in [9.17, 15) is 14.3 Å². The summed E-state index contributed by atoms with van der Waals surface area (Å²) in [7, 11) is 0. The Morgan fingerprint density at radius 2 is 1.84 bits per heavy atom. The molecule has 0 bridgehead atoms. The number of pyridine rings is 1. The molecule has 2 N–H and O–H groups in total. The molecule has 0 aliphatic carbocycles. The summed E-state index contributed by atoms with van der Waals surface area (Å²) in [4.78, 5) is 15.2. The van der Waals surface area contributed by atoms with Crippen LogP contribution in [0.4, 0.5) is 4.39 Å². The highest BCUT2D eigenvalue weighted by Crippen LogP contribution is 2.26. The molecule has 0 aliphatic heterocycles. The first-order valence-electron chi connectivity index (χ1n) is 7.53. The molecule has 2 heterocycles. The van der Waals surface area contributed by atoms with Crippen molar-refractivity contribution in [3.8, 4) is 17.3 Å². The van der Waals surface area contributed by atoms with Crippen LogP contribution < -0.4 is 5.43 Å². The van der Waals surface area contributed by atoms with E-state index in [1.165, 1.54) is 12.1 Å². The van der Waals surface area contributed by atoms with Gasteiger partial charge in [0.1, 0.15) is 5.82 Å². The highest BCUT2D eigenvalue weighted by molar-refractivity contribution is 5.83. The predicted octanol–water partition coefficient (Wildman–Crippen LogP) is 3.01. The highest BCUT2D eigenvalue weighted by Gasteiger charge is 2.18. The van der Waals surface area contributed by atoms with Crippen molar-refractivity contribution < 1.29 is 13.9 Å². The van der Waals surface area contributed by atoms with Crippen LogP contribution in [0.1, 0.15) is 11.5 Å². The number of aromatic hydroxyl groups is 1. The Balaban J connectivity index is 1.72. The van der Waals surface area contributed by atoms with Crippen molar-refractivity contribution in [3.05, 3.63) is 76.0 Å². The van der Waals surface area contributed by atoms with Gasteiger partial charge in [0.2, 0.25) is 11.3 Å². The minimum atomic E-state index is -0.511. The monoisotopic (exact) mass is 337 g/mol. The zero-order chi connectivity index (χ0) is 17.4. The Bertz CT molecular complexity index is 1120. The van der Waals surface area contributed by atoms with Crippen molar-refractivity contribution in [1.82, 2.24) is 15.2 Å². The van der Waals surface area contributed by atoms with Crippen LogP contribution in [0.3, 0.4) is 0 Å². The summed E-state index contributed by atoms with van der Waals surface area (Å²) in [5, 5.41) is 18.3. The van der Waals surface area contributed by atoms with Crippen LogP contribution in [0, 0.1) is 5.82 Å². The lowest BCUT2D eigenvalue weighted by atomic mass is 10.1. The van der Waals surface area contributed by atoms with E-state index in [4.69, 9.17) is 4.42 Å². The molecule has 0 fully saturated rings. The molecule has 0 aliphatic rings. The Hall–Kier alpha value is -3.48. The van der Waals surface area contributed by atoms with Gasteiger partial charge in [0.15, 0.2) is 11.4 Å². The summed E-state index contributed by atoms with van der Waals surface area (Å²) in [6.45, 7) is 0. The van der Waals surface area contributed by atoms with Crippen molar-refractivity contribution >= 4 is 10.9 Å². The lowest BCUT2D eigenvalue weighted by Crippen LogP contribution is -2.04. The molecule has 0 saturated carbocycles. The average Bonchev–Trinajstić information content (AvgIpc) is 3.08.